The Morgan fingerprint density at radius 3 is 2.63 bits per heavy atom. The highest BCUT2D eigenvalue weighted by molar-refractivity contribution is 5.88. The molecular weight excluding hydrogens is 354 g/mol. The van der Waals surface area contributed by atoms with E-state index in [9.17, 15) is 13.6 Å². The molecule has 1 aliphatic carbocycles. The highest BCUT2D eigenvalue weighted by Crippen LogP contribution is 2.34. The first-order valence-corrected chi connectivity index (χ1v) is 8.63. The molecule has 5 nitrogen and oxygen atoms in total. The Morgan fingerprint density at radius 1 is 1.22 bits per heavy atom. The van der Waals surface area contributed by atoms with Gasteiger partial charge in [0.25, 0.3) is 0 Å². The number of carbonyl (C=O) groups excluding carboxylic acids is 1. The normalized spacial score (nSPS) is 13.8. The Bertz CT molecular complexity index is 836. The molecule has 1 aromatic heterocycles. The molecular formula is C20H20F2N2O3. The third-order valence-electron chi connectivity index (χ3n) is 3.91. The molecule has 1 amide bonds. The zero-order chi connectivity index (χ0) is 19.2. The highest BCUT2D eigenvalue weighted by Gasteiger charge is 2.23. The van der Waals surface area contributed by atoms with Crippen LogP contribution in [-0.4, -0.2) is 24.1 Å². The minimum atomic E-state index is -2.90. The van der Waals surface area contributed by atoms with Crippen molar-refractivity contribution in [2.24, 2.45) is 5.92 Å². The monoisotopic (exact) mass is 374 g/mol. The number of rotatable bonds is 8. The van der Waals surface area contributed by atoms with Crippen molar-refractivity contribution in [3.63, 3.8) is 0 Å². The minimum absolute atomic E-state index is 0.0275. The SMILES string of the molecule is CC(=O)Nc1cc(C=Cc2ccc(OC(F)F)c(OCC3CC3)c2)ccn1. The van der Waals surface area contributed by atoms with Crippen LogP contribution >= 0.6 is 0 Å². The van der Waals surface area contributed by atoms with Gasteiger partial charge in [0.05, 0.1) is 6.61 Å². The van der Waals surface area contributed by atoms with Gasteiger partial charge in [-0.2, -0.15) is 8.78 Å². The number of amides is 1. The number of hydrogen-bond donors (Lipinski definition) is 1. The van der Waals surface area contributed by atoms with Gasteiger partial charge >= 0.3 is 6.61 Å². The number of alkyl halides is 2. The summed E-state index contributed by atoms with van der Waals surface area (Å²) in [6.45, 7) is -0.994. The van der Waals surface area contributed by atoms with E-state index in [-0.39, 0.29) is 11.7 Å². The van der Waals surface area contributed by atoms with Crippen molar-refractivity contribution >= 4 is 23.9 Å². The molecule has 1 aliphatic rings. The van der Waals surface area contributed by atoms with E-state index in [4.69, 9.17) is 4.74 Å². The van der Waals surface area contributed by atoms with Crippen LogP contribution in [0.1, 0.15) is 30.9 Å². The lowest BCUT2D eigenvalue weighted by Crippen LogP contribution is -2.07. The Labute approximate surface area is 156 Å². The van der Waals surface area contributed by atoms with Gasteiger partial charge in [-0.15, -0.1) is 0 Å². The van der Waals surface area contributed by atoms with Crippen molar-refractivity contribution in [3.05, 3.63) is 47.7 Å². The number of halogens is 2. The molecule has 0 atom stereocenters. The zero-order valence-corrected chi connectivity index (χ0v) is 14.8. The van der Waals surface area contributed by atoms with Crippen molar-refractivity contribution in [2.45, 2.75) is 26.4 Å². The zero-order valence-electron chi connectivity index (χ0n) is 14.8. The predicted molar refractivity (Wildman–Crippen MR) is 98.8 cm³/mol. The van der Waals surface area contributed by atoms with E-state index >= 15 is 0 Å². The Balaban J connectivity index is 1.75. The molecule has 27 heavy (non-hydrogen) atoms. The van der Waals surface area contributed by atoms with Gasteiger partial charge in [-0.25, -0.2) is 4.98 Å². The molecule has 0 unspecified atom stereocenters. The van der Waals surface area contributed by atoms with Gasteiger partial charge in [0.15, 0.2) is 11.5 Å². The average molecular weight is 374 g/mol. The number of nitrogens with one attached hydrogen (secondary N) is 1. The van der Waals surface area contributed by atoms with Gasteiger partial charge in [0.1, 0.15) is 5.82 Å². The van der Waals surface area contributed by atoms with Gasteiger partial charge in [-0.3, -0.25) is 4.79 Å². The van der Waals surface area contributed by atoms with Crippen LogP contribution < -0.4 is 14.8 Å². The standard InChI is InChI=1S/C20H20F2N2O3/c1-13(25)24-19-11-15(8-9-23-19)3-2-14-6-7-17(27-20(21)22)18(10-14)26-12-16-4-5-16/h2-3,6-11,16,20H,4-5,12H2,1H3,(H,23,24,25). The molecule has 1 heterocycles. The second-order valence-electron chi connectivity index (χ2n) is 6.33. The van der Waals surface area contributed by atoms with Gasteiger partial charge < -0.3 is 14.8 Å². The van der Waals surface area contributed by atoms with Crippen molar-refractivity contribution in [3.8, 4) is 11.5 Å². The van der Waals surface area contributed by atoms with Crippen molar-refractivity contribution in [2.75, 3.05) is 11.9 Å². The first kappa shape index (κ1) is 18.8. The third-order valence-corrected chi connectivity index (χ3v) is 3.91. The summed E-state index contributed by atoms with van der Waals surface area (Å²) in [5.41, 5.74) is 1.61. The molecule has 0 radical (unpaired) electrons. The lowest BCUT2D eigenvalue weighted by molar-refractivity contribution is -0.114. The lowest BCUT2D eigenvalue weighted by atomic mass is 10.1. The fourth-order valence-corrected chi connectivity index (χ4v) is 2.42. The molecule has 1 N–H and O–H groups in total. The van der Waals surface area contributed by atoms with Gasteiger partial charge in [-0.1, -0.05) is 18.2 Å². The molecule has 3 rings (SSSR count). The summed E-state index contributed by atoms with van der Waals surface area (Å²) in [7, 11) is 0. The number of ether oxygens (including phenoxy) is 2. The third kappa shape index (κ3) is 6.06. The topological polar surface area (TPSA) is 60.5 Å². The summed E-state index contributed by atoms with van der Waals surface area (Å²) in [6.07, 6.45) is 7.45. The smallest absolute Gasteiger partial charge is 0.387 e. The van der Waals surface area contributed by atoms with E-state index in [1.54, 1.807) is 30.5 Å². The second kappa shape index (κ2) is 8.62. The number of hydrogen-bond acceptors (Lipinski definition) is 4. The molecule has 1 saturated carbocycles. The number of nitrogens with zero attached hydrogens (tertiary/aromatic N) is 1. The van der Waals surface area contributed by atoms with Crippen molar-refractivity contribution in [1.82, 2.24) is 4.98 Å². The summed E-state index contributed by atoms with van der Waals surface area (Å²) >= 11 is 0. The largest absolute Gasteiger partial charge is 0.489 e. The van der Waals surface area contributed by atoms with E-state index in [1.807, 2.05) is 12.2 Å². The first-order valence-electron chi connectivity index (χ1n) is 8.63. The van der Waals surface area contributed by atoms with E-state index in [1.165, 1.54) is 13.0 Å². The Hall–Kier alpha value is -2.96. The number of benzene rings is 1. The molecule has 0 bridgehead atoms. The number of pyridine rings is 1. The van der Waals surface area contributed by atoms with Crippen LogP contribution in [0.25, 0.3) is 12.2 Å². The summed E-state index contributed by atoms with van der Waals surface area (Å²) in [6, 6.07) is 8.35. The maximum atomic E-state index is 12.6. The molecule has 1 aromatic carbocycles. The van der Waals surface area contributed by atoms with Crippen LogP contribution in [-0.2, 0) is 4.79 Å². The van der Waals surface area contributed by atoms with Crippen LogP contribution in [0.3, 0.4) is 0 Å². The predicted octanol–water partition coefficient (Wildman–Crippen LogP) is 4.60. The number of anilines is 1. The molecule has 2 aromatic rings. The van der Waals surface area contributed by atoms with E-state index in [2.05, 4.69) is 15.0 Å². The number of carbonyl (C=O) groups is 1. The first-order chi connectivity index (χ1) is 13.0. The molecule has 0 aliphatic heterocycles. The van der Waals surface area contributed by atoms with Crippen molar-refractivity contribution < 1.29 is 23.0 Å². The van der Waals surface area contributed by atoms with Gasteiger partial charge in [0.2, 0.25) is 5.91 Å². The lowest BCUT2D eigenvalue weighted by Gasteiger charge is -2.12. The summed E-state index contributed by atoms with van der Waals surface area (Å²) in [4.78, 5) is 15.2. The average Bonchev–Trinajstić information content (AvgIpc) is 3.43. The Morgan fingerprint density at radius 2 is 1.96 bits per heavy atom. The van der Waals surface area contributed by atoms with Crippen LogP contribution in [0.15, 0.2) is 36.5 Å². The van der Waals surface area contributed by atoms with E-state index in [0.29, 0.717) is 24.1 Å². The van der Waals surface area contributed by atoms with Crippen LogP contribution in [0.2, 0.25) is 0 Å². The minimum Gasteiger partial charge on any atom is -0.489 e. The van der Waals surface area contributed by atoms with E-state index < -0.39 is 6.61 Å². The molecule has 142 valence electrons. The fraction of sp³-hybridized carbons (Fsp3) is 0.300. The van der Waals surface area contributed by atoms with Crippen LogP contribution in [0.5, 0.6) is 11.5 Å². The maximum absolute atomic E-state index is 12.6. The quantitative estimate of drug-likeness (QED) is 0.734. The second-order valence-corrected chi connectivity index (χ2v) is 6.33. The summed E-state index contributed by atoms with van der Waals surface area (Å²) < 4.78 is 35.4. The maximum Gasteiger partial charge on any atom is 0.387 e. The molecule has 0 spiro atoms. The van der Waals surface area contributed by atoms with E-state index in [0.717, 1.165) is 24.0 Å². The Kier molecular flexibility index (Phi) is 6.01. The highest BCUT2D eigenvalue weighted by atomic mass is 19.3. The van der Waals surface area contributed by atoms with Gasteiger partial charge in [0, 0.05) is 13.1 Å². The number of aromatic nitrogens is 1. The summed E-state index contributed by atoms with van der Waals surface area (Å²) in [5.74, 6) is 1.08. The van der Waals surface area contributed by atoms with Crippen LogP contribution in [0, 0.1) is 5.92 Å². The van der Waals surface area contributed by atoms with Crippen molar-refractivity contribution in [1.29, 1.82) is 0 Å². The fourth-order valence-electron chi connectivity index (χ4n) is 2.42. The molecule has 7 heteroatoms. The van der Waals surface area contributed by atoms with Gasteiger partial charge in [-0.05, 0) is 54.2 Å². The molecule has 0 saturated heterocycles. The summed E-state index contributed by atoms with van der Waals surface area (Å²) in [5, 5.41) is 2.62. The van der Waals surface area contributed by atoms with Crippen LogP contribution in [0.4, 0.5) is 14.6 Å². The molecule has 1 fully saturated rings.